The maximum Gasteiger partial charge on any atom is 0.321 e. The van der Waals surface area contributed by atoms with Crippen molar-refractivity contribution >= 4 is 34.9 Å². The summed E-state index contributed by atoms with van der Waals surface area (Å²) in [6, 6.07) is 12.9. The Morgan fingerprint density at radius 3 is 2.30 bits per heavy atom. The van der Waals surface area contributed by atoms with Crippen LogP contribution in [0.25, 0.3) is 0 Å². The number of amides is 4. The predicted molar refractivity (Wildman–Crippen MR) is 117 cm³/mol. The first-order valence-corrected chi connectivity index (χ1v) is 11.2. The van der Waals surface area contributed by atoms with Crippen LogP contribution < -0.4 is 5.32 Å². The predicted octanol–water partition coefficient (Wildman–Crippen LogP) is 2.98. The number of benzene rings is 1. The molecule has 0 spiro atoms. The number of likely N-dealkylation sites (tertiary alicyclic amines) is 1. The average Bonchev–Trinajstić information content (AvgIpc) is 3.34. The first-order chi connectivity index (χ1) is 14.6. The van der Waals surface area contributed by atoms with Gasteiger partial charge in [-0.15, -0.1) is 11.3 Å². The highest BCUT2D eigenvalue weighted by molar-refractivity contribution is 7.12. The number of thiophene rings is 1. The molecular weight excluding hydrogens is 400 g/mol. The van der Waals surface area contributed by atoms with Gasteiger partial charge in [-0.25, -0.2) is 4.79 Å². The summed E-state index contributed by atoms with van der Waals surface area (Å²) in [4.78, 5) is 44.2. The average molecular weight is 427 g/mol. The summed E-state index contributed by atoms with van der Waals surface area (Å²) in [5.41, 5.74) is 0.763. The van der Waals surface area contributed by atoms with Crippen molar-refractivity contribution in [3.8, 4) is 0 Å². The van der Waals surface area contributed by atoms with Gasteiger partial charge in [0.05, 0.1) is 10.8 Å². The molecule has 1 atom stereocenters. The zero-order valence-corrected chi connectivity index (χ0v) is 17.6. The fraction of sp³-hybridized carbons (Fsp3) is 0.409. The van der Waals surface area contributed by atoms with Crippen molar-refractivity contribution in [2.24, 2.45) is 5.92 Å². The van der Waals surface area contributed by atoms with E-state index in [2.05, 4.69) is 5.32 Å². The Kier molecular flexibility index (Phi) is 6.32. The van der Waals surface area contributed by atoms with Gasteiger partial charge >= 0.3 is 6.03 Å². The van der Waals surface area contributed by atoms with Gasteiger partial charge in [-0.2, -0.15) is 0 Å². The van der Waals surface area contributed by atoms with Gasteiger partial charge in [0.1, 0.15) is 0 Å². The van der Waals surface area contributed by atoms with Crippen LogP contribution in [0.5, 0.6) is 0 Å². The molecule has 0 aliphatic carbocycles. The van der Waals surface area contributed by atoms with Crippen molar-refractivity contribution in [3.05, 3.63) is 52.7 Å². The molecule has 0 saturated carbocycles. The Morgan fingerprint density at radius 1 is 0.867 bits per heavy atom. The first-order valence-electron chi connectivity index (χ1n) is 10.3. The minimum atomic E-state index is -0.160. The van der Waals surface area contributed by atoms with Gasteiger partial charge in [0.15, 0.2) is 0 Å². The number of urea groups is 1. The van der Waals surface area contributed by atoms with E-state index in [1.807, 2.05) is 57.6 Å². The van der Waals surface area contributed by atoms with E-state index in [1.165, 1.54) is 11.3 Å². The Hall–Kier alpha value is -2.87. The third-order valence-electron chi connectivity index (χ3n) is 5.69. The smallest absolute Gasteiger partial charge is 0.321 e. The second kappa shape index (κ2) is 9.30. The minimum Gasteiger partial charge on any atom is -0.339 e. The van der Waals surface area contributed by atoms with Crippen LogP contribution in [0.2, 0.25) is 0 Å². The van der Waals surface area contributed by atoms with Gasteiger partial charge in [-0.1, -0.05) is 24.3 Å². The van der Waals surface area contributed by atoms with E-state index in [0.717, 1.165) is 23.4 Å². The Balaban J connectivity index is 1.28. The lowest BCUT2D eigenvalue weighted by atomic mass is 9.96. The van der Waals surface area contributed by atoms with Gasteiger partial charge < -0.3 is 20.0 Å². The Bertz CT molecular complexity index is 879. The molecule has 4 amide bonds. The third-order valence-corrected chi connectivity index (χ3v) is 6.55. The van der Waals surface area contributed by atoms with Crippen LogP contribution in [0.4, 0.5) is 10.5 Å². The molecule has 2 aromatic rings. The van der Waals surface area contributed by atoms with Crippen LogP contribution in [0.1, 0.15) is 22.5 Å². The van der Waals surface area contributed by atoms with E-state index >= 15 is 0 Å². The zero-order chi connectivity index (χ0) is 20.9. The number of piperidine rings is 1. The number of carbonyl (C=O) groups is 3. The standard InChI is InChI=1S/C22H26N4O3S/c27-20(17-6-4-10-26(16-17)21(28)19-9-5-15-30-19)24-11-13-25(14-12-24)22(29)23-18-7-2-1-3-8-18/h1-3,5,7-9,15,17H,4,6,10-14,16H2,(H,23,29). The molecule has 1 unspecified atom stereocenters. The Morgan fingerprint density at radius 2 is 1.60 bits per heavy atom. The highest BCUT2D eigenvalue weighted by Crippen LogP contribution is 2.23. The summed E-state index contributed by atoms with van der Waals surface area (Å²) < 4.78 is 0. The lowest BCUT2D eigenvalue weighted by Gasteiger charge is -2.39. The van der Waals surface area contributed by atoms with E-state index in [0.29, 0.717) is 39.3 Å². The third kappa shape index (κ3) is 4.64. The highest BCUT2D eigenvalue weighted by atomic mass is 32.1. The summed E-state index contributed by atoms with van der Waals surface area (Å²) in [5, 5.41) is 4.79. The van der Waals surface area contributed by atoms with Crippen LogP contribution in [0.15, 0.2) is 47.8 Å². The second-order valence-electron chi connectivity index (χ2n) is 7.68. The highest BCUT2D eigenvalue weighted by Gasteiger charge is 2.33. The number of para-hydroxylation sites is 1. The molecule has 1 N–H and O–H groups in total. The molecule has 2 aliphatic heterocycles. The van der Waals surface area contributed by atoms with Gasteiger partial charge in [0.25, 0.3) is 5.91 Å². The second-order valence-corrected chi connectivity index (χ2v) is 8.62. The fourth-order valence-electron chi connectivity index (χ4n) is 4.03. The number of nitrogens with one attached hydrogen (secondary N) is 1. The summed E-state index contributed by atoms with van der Waals surface area (Å²) in [5.74, 6) is -0.0425. The normalized spacial score (nSPS) is 19.5. The van der Waals surface area contributed by atoms with E-state index in [9.17, 15) is 14.4 Å². The minimum absolute atomic E-state index is 0.0184. The number of piperazine rings is 1. The first kappa shape index (κ1) is 20.4. The van der Waals surface area contributed by atoms with Crippen molar-refractivity contribution in [3.63, 3.8) is 0 Å². The molecule has 2 aliphatic rings. The number of hydrogen-bond acceptors (Lipinski definition) is 4. The number of carbonyl (C=O) groups excluding carboxylic acids is 3. The monoisotopic (exact) mass is 426 g/mol. The van der Waals surface area contributed by atoms with Crippen LogP contribution in [0, 0.1) is 5.92 Å². The summed E-state index contributed by atoms with van der Waals surface area (Å²) >= 11 is 1.44. The van der Waals surface area contributed by atoms with Crippen molar-refractivity contribution in [1.82, 2.24) is 14.7 Å². The molecule has 1 aromatic heterocycles. The quantitative estimate of drug-likeness (QED) is 0.820. The van der Waals surface area contributed by atoms with E-state index < -0.39 is 0 Å². The summed E-state index contributed by atoms with van der Waals surface area (Å²) in [6.45, 7) is 3.25. The number of hydrogen-bond donors (Lipinski definition) is 1. The van der Waals surface area contributed by atoms with Crippen molar-refractivity contribution in [1.29, 1.82) is 0 Å². The van der Waals surface area contributed by atoms with Gasteiger partial charge in [-0.3, -0.25) is 9.59 Å². The molecular formula is C22H26N4O3S. The van der Waals surface area contributed by atoms with Gasteiger partial charge in [0, 0.05) is 45.0 Å². The van der Waals surface area contributed by atoms with Crippen molar-refractivity contribution in [2.45, 2.75) is 12.8 Å². The van der Waals surface area contributed by atoms with Crippen LogP contribution >= 0.6 is 11.3 Å². The molecule has 1 aromatic carbocycles. The Labute approximate surface area is 180 Å². The topological polar surface area (TPSA) is 73.0 Å². The zero-order valence-electron chi connectivity index (χ0n) is 16.8. The lowest BCUT2D eigenvalue weighted by Crippen LogP contribution is -2.54. The number of nitrogens with zero attached hydrogens (tertiary/aromatic N) is 3. The van der Waals surface area contributed by atoms with Crippen molar-refractivity contribution < 1.29 is 14.4 Å². The van der Waals surface area contributed by atoms with Gasteiger partial charge in [0.2, 0.25) is 5.91 Å². The van der Waals surface area contributed by atoms with Crippen LogP contribution in [0.3, 0.4) is 0 Å². The summed E-state index contributed by atoms with van der Waals surface area (Å²) in [7, 11) is 0. The van der Waals surface area contributed by atoms with Crippen LogP contribution in [-0.2, 0) is 4.79 Å². The largest absolute Gasteiger partial charge is 0.339 e. The maximum absolute atomic E-state index is 13.0. The molecule has 30 heavy (non-hydrogen) atoms. The maximum atomic E-state index is 13.0. The molecule has 2 fully saturated rings. The van der Waals surface area contributed by atoms with E-state index in [1.54, 1.807) is 4.90 Å². The SMILES string of the molecule is O=C(Nc1ccccc1)N1CCN(C(=O)C2CCCN(C(=O)c3cccs3)C2)CC1. The van der Waals surface area contributed by atoms with Crippen molar-refractivity contribution in [2.75, 3.05) is 44.6 Å². The van der Waals surface area contributed by atoms with E-state index in [4.69, 9.17) is 0 Å². The van der Waals surface area contributed by atoms with E-state index in [-0.39, 0.29) is 23.8 Å². The molecule has 158 valence electrons. The number of anilines is 1. The fourth-order valence-corrected chi connectivity index (χ4v) is 4.72. The van der Waals surface area contributed by atoms with Gasteiger partial charge in [-0.05, 0) is 36.4 Å². The molecule has 4 rings (SSSR count). The summed E-state index contributed by atoms with van der Waals surface area (Å²) in [6.07, 6.45) is 1.65. The molecule has 2 saturated heterocycles. The lowest BCUT2D eigenvalue weighted by molar-refractivity contribution is -0.138. The molecule has 8 heteroatoms. The van der Waals surface area contributed by atoms with Crippen LogP contribution in [-0.4, -0.2) is 71.8 Å². The molecule has 7 nitrogen and oxygen atoms in total. The molecule has 3 heterocycles. The molecule has 0 radical (unpaired) electrons. The number of rotatable bonds is 3. The molecule has 0 bridgehead atoms.